The van der Waals surface area contributed by atoms with E-state index in [4.69, 9.17) is 4.74 Å². The molecule has 2 aliphatic carbocycles. The smallest absolute Gasteiger partial charge is 0.0720 e. The largest absolute Gasteiger partial charge is 0.373 e. The van der Waals surface area contributed by atoms with Gasteiger partial charge in [0.15, 0.2) is 0 Å². The van der Waals surface area contributed by atoms with Gasteiger partial charge in [0.1, 0.15) is 0 Å². The van der Waals surface area contributed by atoms with Gasteiger partial charge in [0.25, 0.3) is 0 Å². The van der Waals surface area contributed by atoms with Crippen molar-refractivity contribution in [3.8, 4) is 0 Å². The Labute approximate surface area is 123 Å². The average Bonchev–Trinajstić information content (AvgIpc) is 3.34. The van der Waals surface area contributed by atoms with E-state index < -0.39 is 0 Å². The van der Waals surface area contributed by atoms with Crippen LogP contribution >= 0.6 is 0 Å². The highest BCUT2D eigenvalue weighted by Crippen LogP contribution is 2.43. The van der Waals surface area contributed by atoms with Gasteiger partial charge >= 0.3 is 0 Å². The summed E-state index contributed by atoms with van der Waals surface area (Å²) in [5, 5.41) is 0. The third-order valence-corrected chi connectivity index (χ3v) is 5.28. The first-order valence-electron chi connectivity index (χ1n) is 8.50. The molecule has 110 valence electrons. The van der Waals surface area contributed by atoms with Crippen LogP contribution in [0.5, 0.6) is 0 Å². The molecule has 2 saturated carbocycles. The molecule has 2 unspecified atom stereocenters. The van der Waals surface area contributed by atoms with E-state index in [2.05, 4.69) is 37.3 Å². The summed E-state index contributed by atoms with van der Waals surface area (Å²) in [7, 11) is 0. The third-order valence-electron chi connectivity index (χ3n) is 5.28. The van der Waals surface area contributed by atoms with Crippen molar-refractivity contribution in [3.63, 3.8) is 0 Å². The summed E-state index contributed by atoms with van der Waals surface area (Å²) < 4.78 is 6.37. The minimum absolute atomic E-state index is 0.498. The summed E-state index contributed by atoms with van der Waals surface area (Å²) >= 11 is 0. The summed E-state index contributed by atoms with van der Waals surface area (Å²) in [4.78, 5) is 0. The molecule has 0 heterocycles. The van der Waals surface area contributed by atoms with Crippen molar-refractivity contribution in [1.29, 1.82) is 0 Å². The Morgan fingerprint density at radius 1 is 0.950 bits per heavy atom. The first-order chi connectivity index (χ1) is 9.84. The van der Waals surface area contributed by atoms with Gasteiger partial charge in [-0.3, -0.25) is 0 Å². The predicted molar refractivity (Wildman–Crippen MR) is 83.5 cm³/mol. The van der Waals surface area contributed by atoms with Crippen LogP contribution in [0.1, 0.15) is 57.4 Å². The molecular weight excluding hydrogens is 244 g/mol. The van der Waals surface area contributed by atoms with Crippen molar-refractivity contribution in [3.05, 3.63) is 35.9 Å². The van der Waals surface area contributed by atoms with Crippen LogP contribution in [0.3, 0.4) is 0 Å². The second kappa shape index (κ2) is 6.76. The van der Waals surface area contributed by atoms with E-state index in [0.717, 1.165) is 24.4 Å². The molecule has 0 aromatic heterocycles. The second-order valence-electron chi connectivity index (χ2n) is 6.86. The molecule has 1 nitrogen and oxygen atoms in total. The van der Waals surface area contributed by atoms with Gasteiger partial charge in [0, 0.05) is 0 Å². The molecule has 0 amide bonds. The summed E-state index contributed by atoms with van der Waals surface area (Å²) in [6.45, 7) is 3.24. The maximum absolute atomic E-state index is 6.37. The van der Waals surface area contributed by atoms with E-state index >= 15 is 0 Å². The third kappa shape index (κ3) is 3.63. The number of ether oxygens (including phenoxy) is 1. The number of hydrogen-bond donors (Lipinski definition) is 0. The molecule has 1 aromatic carbocycles. The quantitative estimate of drug-likeness (QED) is 0.691. The zero-order valence-electron chi connectivity index (χ0n) is 12.8. The molecule has 1 aromatic rings. The molecule has 0 saturated heterocycles. The van der Waals surface area contributed by atoms with Crippen molar-refractivity contribution >= 4 is 0 Å². The first kappa shape index (κ1) is 14.1. The van der Waals surface area contributed by atoms with Crippen LogP contribution in [-0.4, -0.2) is 6.10 Å². The molecule has 1 heteroatoms. The summed E-state index contributed by atoms with van der Waals surface area (Å²) in [5.41, 5.74) is 1.31. The normalized spacial score (nSPS) is 23.4. The van der Waals surface area contributed by atoms with Crippen molar-refractivity contribution in [2.75, 3.05) is 0 Å². The van der Waals surface area contributed by atoms with Crippen LogP contribution in [0.15, 0.2) is 30.3 Å². The second-order valence-corrected chi connectivity index (χ2v) is 6.86. The topological polar surface area (TPSA) is 9.23 Å². The van der Waals surface area contributed by atoms with Gasteiger partial charge in [-0.05, 0) is 36.2 Å². The fourth-order valence-corrected chi connectivity index (χ4v) is 3.84. The number of rotatable bonds is 6. The summed E-state index contributed by atoms with van der Waals surface area (Å²) in [6, 6.07) is 10.6. The molecule has 2 aliphatic rings. The van der Waals surface area contributed by atoms with E-state index in [-0.39, 0.29) is 0 Å². The fourth-order valence-electron chi connectivity index (χ4n) is 3.84. The van der Waals surface area contributed by atoms with Crippen molar-refractivity contribution < 1.29 is 4.74 Å². The Kier molecular flexibility index (Phi) is 4.77. The summed E-state index contributed by atoms with van der Waals surface area (Å²) in [5.74, 6) is 2.49. The Morgan fingerprint density at radius 3 is 2.30 bits per heavy atom. The highest BCUT2D eigenvalue weighted by Gasteiger charge is 2.38. The van der Waals surface area contributed by atoms with Crippen molar-refractivity contribution in [2.45, 2.75) is 64.6 Å². The standard InChI is InChI=1S/C19H28O/c1-15(17-10-6-3-7-11-17)19(18-12-13-18)20-14-16-8-4-2-5-9-16/h2,4-5,8-9,15,17-19H,3,6-7,10-14H2,1H3. The van der Waals surface area contributed by atoms with E-state index in [1.54, 1.807) is 0 Å². The minimum Gasteiger partial charge on any atom is -0.373 e. The number of hydrogen-bond acceptors (Lipinski definition) is 1. The van der Waals surface area contributed by atoms with Gasteiger partial charge in [-0.2, -0.15) is 0 Å². The van der Waals surface area contributed by atoms with Crippen molar-refractivity contribution in [2.24, 2.45) is 17.8 Å². The van der Waals surface area contributed by atoms with E-state index in [1.165, 1.54) is 50.5 Å². The molecule has 0 spiro atoms. The Hall–Kier alpha value is -0.820. The lowest BCUT2D eigenvalue weighted by Crippen LogP contribution is -2.31. The zero-order chi connectivity index (χ0) is 13.8. The van der Waals surface area contributed by atoms with E-state index in [9.17, 15) is 0 Å². The highest BCUT2D eigenvalue weighted by atomic mass is 16.5. The van der Waals surface area contributed by atoms with Gasteiger partial charge < -0.3 is 4.74 Å². The maximum atomic E-state index is 6.37. The zero-order valence-corrected chi connectivity index (χ0v) is 12.8. The van der Waals surface area contributed by atoms with Gasteiger partial charge in [-0.15, -0.1) is 0 Å². The minimum atomic E-state index is 0.498. The average molecular weight is 272 g/mol. The summed E-state index contributed by atoms with van der Waals surface area (Å²) in [6.07, 6.45) is 10.4. The van der Waals surface area contributed by atoms with Crippen LogP contribution in [0.2, 0.25) is 0 Å². The van der Waals surface area contributed by atoms with Crippen molar-refractivity contribution in [1.82, 2.24) is 0 Å². The fraction of sp³-hybridized carbons (Fsp3) is 0.684. The highest BCUT2D eigenvalue weighted by molar-refractivity contribution is 5.13. The van der Waals surface area contributed by atoms with E-state index in [0.29, 0.717) is 6.10 Å². The van der Waals surface area contributed by atoms with Crippen LogP contribution in [-0.2, 0) is 11.3 Å². The first-order valence-corrected chi connectivity index (χ1v) is 8.50. The number of benzene rings is 1. The molecule has 2 atom stereocenters. The molecule has 0 aliphatic heterocycles. The molecular formula is C19H28O. The predicted octanol–water partition coefficient (Wildman–Crippen LogP) is 5.20. The Bertz CT molecular complexity index is 389. The van der Waals surface area contributed by atoms with Gasteiger partial charge in [0.05, 0.1) is 12.7 Å². The van der Waals surface area contributed by atoms with Gasteiger partial charge in [-0.1, -0.05) is 69.4 Å². The Balaban J connectivity index is 1.57. The van der Waals surface area contributed by atoms with Crippen LogP contribution in [0, 0.1) is 17.8 Å². The van der Waals surface area contributed by atoms with Crippen LogP contribution < -0.4 is 0 Å². The van der Waals surface area contributed by atoms with Crippen LogP contribution in [0.25, 0.3) is 0 Å². The van der Waals surface area contributed by atoms with Gasteiger partial charge in [0.2, 0.25) is 0 Å². The molecule has 2 fully saturated rings. The molecule has 3 rings (SSSR count). The molecule has 0 N–H and O–H groups in total. The lowest BCUT2D eigenvalue weighted by Gasteiger charge is -2.33. The molecule has 0 radical (unpaired) electrons. The monoisotopic (exact) mass is 272 g/mol. The van der Waals surface area contributed by atoms with Gasteiger partial charge in [-0.25, -0.2) is 0 Å². The maximum Gasteiger partial charge on any atom is 0.0720 e. The molecule has 0 bridgehead atoms. The van der Waals surface area contributed by atoms with Crippen LogP contribution in [0.4, 0.5) is 0 Å². The SMILES string of the molecule is CC(C1CCCCC1)C(OCc1ccccc1)C1CC1. The van der Waals surface area contributed by atoms with E-state index in [1.807, 2.05) is 0 Å². The molecule has 20 heavy (non-hydrogen) atoms. The lowest BCUT2D eigenvalue weighted by molar-refractivity contribution is -0.0307. The lowest BCUT2D eigenvalue weighted by atomic mass is 9.77. The Morgan fingerprint density at radius 2 is 1.65 bits per heavy atom.